The predicted octanol–water partition coefficient (Wildman–Crippen LogP) is 4.34. The highest BCUT2D eigenvalue weighted by atomic mass is 79.9. The molecule has 0 aliphatic rings. The maximum atomic E-state index is 5.96. The minimum absolute atomic E-state index is 0.228. The largest absolute Gasteiger partial charge is 0.329 e. The van der Waals surface area contributed by atoms with Crippen LogP contribution in [-0.2, 0) is 6.54 Å². The molecule has 0 heterocycles. The van der Waals surface area contributed by atoms with Gasteiger partial charge in [-0.3, -0.25) is 4.90 Å². The summed E-state index contributed by atoms with van der Waals surface area (Å²) in [6, 6.07) is 17.0. The van der Waals surface area contributed by atoms with Crippen LogP contribution >= 0.6 is 31.9 Å². The van der Waals surface area contributed by atoms with Crippen LogP contribution in [0, 0.1) is 0 Å². The zero-order valence-electron chi connectivity index (χ0n) is 11.4. The number of likely N-dealkylation sites (N-methyl/N-ethyl adjacent to an activating group) is 1. The van der Waals surface area contributed by atoms with Crippen LogP contribution in [0.4, 0.5) is 0 Å². The molecular formula is C16H18Br2N2. The molecule has 2 aromatic rings. The van der Waals surface area contributed by atoms with Crippen molar-refractivity contribution in [2.75, 3.05) is 13.6 Å². The van der Waals surface area contributed by atoms with Gasteiger partial charge in [0.2, 0.25) is 0 Å². The Morgan fingerprint density at radius 3 is 1.95 bits per heavy atom. The van der Waals surface area contributed by atoms with E-state index in [1.54, 1.807) is 0 Å². The van der Waals surface area contributed by atoms with Crippen LogP contribution in [0.3, 0.4) is 0 Å². The standard InChI is InChI=1S/C16H18Br2N2/c1-20(11-12-2-6-14(17)7-3-12)16(10-19)13-4-8-15(18)9-5-13/h2-9,16H,10-11,19H2,1H3. The molecule has 20 heavy (non-hydrogen) atoms. The molecule has 0 saturated heterocycles. The normalized spacial score (nSPS) is 12.7. The Labute approximate surface area is 137 Å². The van der Waals surface area contributed by atoms with Crippen molar-refractivity contribution < 1.29 is 0 Å². The molecule has 0 aliphatic carbocycles. The number of nitrogens with zero attached hydrogens (tertiary/aromatic N) is 1. The van der Waals surface area contributed by atoms with Crippen LogP contribution in [0.2, 0.25) is 0 Å². The van der Waals surface area contributed by atoms with E-state index in [9.17, 15) is 0 Å². The fourth-order valence-electron chi connectivity index (χ4n) is 2.24. The van der Waals surface area contributed by atoms with Gasteiger partial charge in [0.15, 0.2) is 0 Å². The van der Waals surface area contributed by atoms with Crippen LogP contribution in [0.25, 0.3) is 0 Å². The molecule has 0 radical (unpaired) electrons. The lowest BCUT2D eigenvalue weighted by Gasteiger charge is -2.27. The van der Waals surface area contributed by atoms with Crippen LogP contribution in [0.15, 0.2) is 57.5 Å². The Kier molecular flexibility index (Phi) is 5.78. The molecule has 0 spiro atoms. The molecule has 0 fully saturated rings. The molecule has 2 nitrogen and oxygen atoms in total. The van der Waals surface area contributed by atoms with Gasteiger partial charge < -0.3 is 5.73 Å². The summed E-state index contributed by atoms with van der Waals surface area (Å²) in [5.74, 6) is 0. The summed E-state index contributed by atoms with van der Waals surface area (Å²) in [6.07, 6.45) is 0. The number of hydrogen-bond acceptors (Lipinski definition) is 2. The summed E-state index contributed by atoms with van der Waals surface area (Å²) in [7, 11) is 2.11. The van der Waals surface area contributed by atoms with Crippen molar-refractivity contribution in [1.82, 2.24) is 4.90 Å². The zero-order chi connectivity index (χ0) is 14.5. The SMILES string of the molecule is CN(Cc1ccc(Br)cc1)C(CN)c1ccc(Br)cc1. The summed E-state index contributed by atoms with van der Waals surface area (Å²) in [5.41, 5.74) is 8.49. The van der Waals surface area contributed by atoms with E-state index in [4.69, 9.17) is 5.73 Å². The van der Waals surface area contributed by atoms with Gasteiger partial charge in [-0.15, -0.1) is 0 Å². The molecule has 4 heteroatoms. The van der Waals surface area contributed by atoms with Crippen molar-refractivity contribution in [3.63, 3.8) is 0 Å². The summed E-state index contributed by atoms with van der Waals surface area (Å²) in [5, 5.41) is 0. The summed E-state index contributed by atoms with van der Waals surface area (Å²) in [4.78, 5) is 2.28. The molecule has 0 bridgehead atoms. The number of hydrogen-bond donors (Lipinski definition) is 1. The van der Waals surface area contributed by atoms with Gasteiger partial charge in [0.05, 0.1) is 0 Å². The Morgan fingerprint density at radius 2 is 1.45 bits per heavy atom. The van der Waals surface area contributed by atoms with Crippen molar-refractivity contribution in [2.24, 2.45) is 5.73 Å². The minimum atomic E-state index is 0.228. The van der Waals surface area contributed by atoms with Gasteiger partial charge in [-0.2, -0.15) is 0 Å². The lowest BCUT2D eigenvalue weighted by atomic mass is 10.1. The highest BCUT2D eigenvalue weighted by Gasteiger charge is 2.15. The molecule has 0 aliphatic heterocycles. The quantitative estimate of drug-likeness (QED) is 0.812. The third kappa shape index (κ3) is 4.16. The van der Waals surface area contributed by atoms with Crippen LogP contribution in [0.1, 0.15) is 17.2 Å². The second kappa shape index (κ2) is 7.36. The van der Waals surface area contributed by atoms with Gasteiger partial charge in [0.1, 0.15) is 0 Å². The van der Waals surface area contributed by atoms with Crippen molar-refractivity contribution in [3.8, 4) is 0 Å². The highest BCUT2D eigenvalue weighted by Crippen LogP contribution is 2.22. The summed E-state index contributed by atoms with van der Waals surface area (Å²) in [6.45, 7) is 1.49. The highest BCUT2D eigenvalue weighted by molar-refractivity contribution is 9.10. The first-order chi connectivity index (χ1) is 9.60. The van der Waals surface area contributed by atoms with Gasteiger partial charge in [-0.1, -0.05) is 56.1 Å². The van der Waals surface area contributed by atoms with E-state index in [0.29, 0.717) is 6.54 Å². The van der Waals surface area contributed by atoms with Gasteiger partial charge in [-0.05, 0) is 42.4 Å². The zero-order valence-corrected chi connectivity index (χ0v) is 14.6. The minimum Gasteiger partial charge on any atom is -0.329 e. The number of rotatable bonds is 5. The molecule has 1 unspecified atom stereocenters. The maximum Gasteiger partial charge on any atom is 0.0470 e. The molecule has 0 amide bonds. The third-order valence-electron chi connectivity index (χ3n) is 3.36. The fourth-order valence-corrected chi connectivity index (χ4v) is 2.77. The average Bonchev–Trinajstić information content (AvgIpc) is 2.44. The van der Waals surface area contributed by atoms with E-state index < -0.39 is 0 Å². The van der Waals surface area contributed by atoms with E-state index in [2.05, 4.69) is 92.3 Å². The number of nitrogens with two attached hydrogens (primary N) is 1. The maximum absolute atomic E-state index is 5.96. The van der Waals surface area contributed by atoms with Gasteiger partial charge in [0, 0.05) is 28.1 Å². The smallest absolute Gasteiger partial charge is 0.0470 e. The molecule has 2 rings (SSSR count). The van der Waals surface area contributed by atoms with Gasteiger partial charge in [0.25, 0.3) is 0 Å². The predicted molar refractivity (Wildman–Crippen MR) is 91.5 cm³/mol. The van der Waals surface area contributed by atoms with Gasteiger partial charge in [-0.25, -0.2) is 0 Å². The molecule has 2 N–H and O–H groups in total. The molecule has 0 aromatic heterocycles. The average molecular weight is 398 g/mol. The Balaban J connectivity index is 2.10. The fraction of sp³-hybridized carbons (Fsp3) is 0.250. The lowest BCUT2D eigenvalue weighted by molar-refractivity contribution is 0.242. The molecular weight excluding hydrogens is 380 g/mol. The lowest BCUT2D eigenvalue weighted by Crippen LogP contribution is -2.30. The molecule has 1 atom stereocenters. The first-order valence-corrected chi connectivity index (χ1v) is 8.09. The molecule has 2 aromatic carbocycles. The molecule has 0 saturated carbocycles. The topological polar surface area (TPSA) is 29.3 Å². The Bertz CT molecular complexity index is 537. The van der Waals surface area contributed by atoms with E-state index in [1.165, 1.54) is 11.1 Å². The second-order valence-corrected chi connectivity index (χ2v) is 6.68. The number of halogens is 2. The summed E-state index contributed by atoms with van der Waals surface area (Å²) >= 11 is 6.92. The van der Waals surface area contributed by atoms with E-state index in [-0.39, 0.29) is 6.04 Å². The first kappa shape index (κ1) is 15.7. The second-order valence-electron chi connectivity index (χ2n) is 4.84. The Morgan fingerprint density at radius 1 is 0.950 bits per heavy atom. The number of benzene rings is 2. The molecule has 106 valence electrons. The Hall–Kier alpha value is -0.680. The monoisotopic (exact) mass is 396 g/mol. The van der Waals surface area contributed by atoms with E-state index >= 15 is 0 Å². The van der Waals surface area contributed by atoms with E-state index in [1.807, 2.05) is 0 Å². The third-order valence-corrected chi connectivity index (χ3v) is 4.41. The first-order valence-electron chi connectivity index (χ1n) is 6.50. The van der Waals surface area contributed by atoms with Crippen LogP contribution < -0.4 is 5.73 Å². The van der Waals surface area contributed by atoms with Crippen LogP contribution in [0.5, 0.6) is 0 Å². The van der Waals surface area contributed by atoms with Crippen molar-refractivity contribution >= 4 is 31.9 Å². The van der Waals surface area contributed by atoms with Crippen molar-refractivity contribution in [3.05, 3.63) is 68.6 Å². The van der Waals surface area contributed by atoms with Gasteiger partial charge >= 0.3 is 0 Å². The van der Waals surface area contributed by atoms with Crippen LogP contribution in [-0.4, -0.2) is 18.5 Å². The van der Waals surface area contributed by atoms with Crippen molar-refractivity contribution in [1.29, 1.82) is 0 Å². The van der Waals surface area contributed by atoms with E-state index in [0.717, 1.165) is 15.5 Å². The van der Waals surface area contributed by atoms with Crippen molar-refractivity contribution in [2.45, 2.75) is 12.6 Å². The summed E-state index contributed by atoms with van der Waals surface area (Å²) < 4.78 is 2.19.